The molecule has 4 heterocycles. The third-order valence-electron chi connectivity index (χ3n) is 5.74. The summed E-state index contributed by atoms with van der Waals surface area (Å²) in [4.78, 5) is 68.5. The predicted molar refractivity (Wildman–Crippen MR) is 155 cm³/mol. The van der Waals surface area contributed by atoms with E-state index < -0.39 is 23.6 Å². The number of pyridine rings is 4. The molecule has 0 unspecified atom stereocenters. The summed E-state index contributed by atoms with van der Waals surface area (Å²) < 4.78 is 0. The summed E-state index contributed by atoms with van der Waals surface area (Å²) in [6.07, 6.45) is 5.86. The van der Waals surface area contributed by atoms with E-state index in [0.717, 1.165) is 0 Å². The van der Waals surface area contributed by atoms with E-state index in [4.69, 9.17) is 0 Å². The minimum absolute atomic E-state index is 0.113. The van der Waals surface area contributed by atoms with Crippen molar-refractivity contribution in [1.29, 1.82) is 0 Å². The maximum atomic E-state index is 13.1. The summed E-state index contributed by atoms with van der Waals surface area (Å²) in [5, 5.41) is 10.9. The number of nitrogens with zero attached hydrogens (tertiary/aromatic N) is 4. The number of carbonyl (C=O) groups is 4. The Morgan fingerprint density at radius 1 is 0.381 bits per heavy atom. The van der Waals surface area contributed by atoms with Gasteiger partial charge in [-0.3, -0.25) is 39.1 Å². The van der Waals surface area contributed by atoms with Crippen LogP contribution in [0.15, 0.2) is 110 Å². The minimum atomic E-state index is -0.573. The first-order valence-corrected chi connectivity index (χ1v) is 12.6. The van der Waals surface area contributed by atoms with E-state index in [0.29, 0.717) is 0 Å². The van der Waals surface area contributed by atoms with Crippen molar-refractivity contribution in [3.8, 4) is 0 Å². The zero-order valence-electron chi connectivity index (χ0n) is 21.8. The van der Waals surface area contributed by atoms with Gasteiger partial charge in [0.1, 0.15) is 22.8 Å². The van der Waals surface area contributed by atoms with E-state index >= 15 is 0 Å². The lowest BCUT2D eigenvalue weighted by Crippen LogP contribution is -2.21. The Morgan fingerprint density at radius 2 is 0.619 bits per heavy atom. The highest BCUT2D eigenvalue weighted by atomic mass is 16.2. The van der Waals surface area contributed by atoms with Crippen LogP contribution in [0.5, 0.6) is 0 Å². The molecule has 0 saturated heterocycles. The lowest BCUT2D eigenvalue weighted by Gasteiger charge is -2.19. The molecule has 0 fully saturated rings. The molecule has 12 heteroatoms. The van der Waals surface area contributed by atoms with Crippen LogP contribution >= 0.6 is 0 Å². The number of rotatable bonds is 8. The van der Waals surface area contributed by atoms with E-state index in [-0.39, 0.29) is 45.5 Å². The molecule has 0 aliphatic carbocycles. The van der Waals surface area contributed by atoms with Crippen molar-refractivity contribution in [2.75, 3.05) is 21.3 Å². The zero-order chi connectivity index (χ0) is 29.3. The van der Waals surface area contributed by atoms with Gasteiger partial charge < -0.3 is 21.3 Å². The Hall–Kier alpha value is -6.30. The van der Waals surface area contributed by atoms with Crippen LogP contribution in [-0.4, -0.2) is 43.6 Å². The molecule has 42 heavy (non-hydrogen) atoms. The quantitative estimate of drug-likeness (QED) is 0.219. The molecule has 5 aromatic rings. The minimum Gasteiger partial charge on any atom is -0.319 e. The monoisotopic (exact) mass is 558 g/mol. The summed E-state index contributed by atoms with van der Waals surface area (Å²) >= 11 is 0. The molecule has 4 amide bonds. The molecule has 0 saturated carbocycles. The molecule has 0 aliphatic heterocycles. The topological polar surface area (TPSA) is 168 Å². The van der Waals surface area contributed by atoms with Crippen LogP contribution in [0.1, 0.15) is 42.0 Å². The van der Waals surface area contributed by atoms with Crippen molar-refractivity contribution in [2.24, 2.45) is 0 Å². The van der Waals surface area contributed by atoms with Crippen molar-refractivity contribution in [3.05, 3.63) is 132 Å². The molecule has 1 aromatic carbocycles. The average molecular weight is 559 g/mol. The SMILES string of the molecule is O=C(Nc1cc(NC(=O)c2ccccn2)c(NC(=O)c2ccccn2)cc1NC(=O)c1ccccn1)c1ccccn1. The van der Waals surface area contributed by atoms with Crippen LogP contribution in [0, 0.1) is 0 Å². The molecule has 0 spiro atoms. The fourth-order valence-corrected chi connectivity index (χ4v) is 3.75. The van der Waals surface area contributed by atoms with E-state index in [9.17, 15) is 19.2 Å². The highest BCUT2D eigenvalue weighted by molar-refractivity contribution is 6.14. The Bertz CT molecular complexity index is 1480. The van der Waals surface area contributed by atoms with Gasteiger partial charge in [-0.05, 0) is 60.7 Å². The Labute approximate surface area is 239 Å². The predicted octanol–water partition coefficient (Wildman–Crippen LogP) is 4.28. The first-order chi connectivity index (χ1) is 20.5. The zero-order valence-corrected chi connectivity index (χ0v) is 21.8. The van der Waals surface area contributed by atoms with Crippen molar-refractivity contribution in [2.45, 2.75) is 0 Å². The van der Waals surface area contributed by atoms with Crippen LogP contribution in [0.4, 0.5) is 22.7 Å². The van der Waals surface area contributed by atoms with Gasteiger partial charge in [0.05, 0.1) is 22.7 Å². The van der Waals surface area contributed by atoms with Gasteiger partial charge in [0.25, 0.3) is 23.6 Å². The number of hydrogen-bond donors (Lipinski definition) is 4. The first-order valence-electron chi connectivity index (χ1n) is 12.6. The van der Waals surface area contributed by atoms with E-state index in [2.05, 4.69) is 41.2 Å². The second kappa shape index (κ2) is 12.7. The van der Waals surface area contributed by atoms with Gasteiger partial charge in [-0.1, -0.05) is 24.3 Å². The number of benzene rings is 1. The van der Waals surface area contributed by atoms with Crippen LogP contribution in [-0.2, 0) is 0 Å². The lowest BCUT2D eigenvalue weighted by atomic mass is 10.1. The van der Waals surface area contributed by atoms with Gasteiger partial charge in [-0.15, -0.1) is 0 Å². The van der Waals surface area contributed by atoms with Crippen molar-refractivity contribution >= 4 is 46.4 Å². The molecular weight excluding hydrogens is 536 g/mol. The smallest absolute Gasteiger partial charge is 0.274 e. The average Bonchev–Trinajstić information content (AvgIpc) is 3.04. The maximum Gasteiger partial charge on any atom is 0.274 e. The van der Waals surface area contributed by atoms with Gasteiger partial charge >= 0.3 is 0 Å². The Kier molecular flexibility index (Phi) is 8.25. The van der Waals surface area contributed by atoms with Crippen LogP contribution in [0.2, 0.25) is 0 Å². The van der Waals surface area contributed by atoms with Gasteiger partial charge in [0.2, 0.25) is 0 Å². The number of anilines is 4. The van der Waals surface area contributed by atoms with E-state index in [1.807, 2.05) is 0 Å². The van der Waals surface area contributed by atoms with Gasteiger partial charge in [0, 0.05) is 24.8 Å². The molecule has 12 nitrogen and oxygen atoms in total. The number of nitrogens with one attached hydrogen (secondary N) is 4. The Morgan fingerprint density at radius 3 is 0.810 bits per heavy atom. The summed E-state index contributed by atoms with van der Waals surface area (Å²) in [6, 6.07) is 22.2. The maximum absolute atomic E-state index is 13.1. The molecule has 0 atom stereocenters. The molecule has 0 bridgehead atoms. The Balaban J connectivity index is 1.57. The van der Waals surface area contributed by atoms with E-state index in [1.54, 1.807) is 48.5 Å². The van der Waals surface area contributed by atoms with Crippen LogP contribution < -0.4 is 21.3 Å². The molecular formula is C30H22N8O4. The van der Waals surface area contributed by atoms with Crippen molar-refractivity contribution in [3.63, 3.8) is 0 Å². The van der Waals surface area contributed by atoms with Crippen molar-refractivity contribution in [1.82, 2.24) is 19.9 Å². The molecule has 0 aliphatic rings. The molecule has 4 aromatic heterocycles. The highest BCUT2D eigenvalue weighted by Gasteiger charge is 2.20. The third kappa shape index (κ3) is 6.63. The molecule has 5 rings (SSSR count). The fraction of sp³-hybridized carbons (Fsp3) is 0. The number of amides is 4. The van der Waals surface area contributed by atoms with Crippen molar-refractivity contribution < 1.29 is 19.2 Å². The molecule has 206 valence electrons. The van der Waals surface area contributed by atoms with Crippen LogP contribution in [0.25, 0.3) is 0 Å². The summed E-state index contributed by atoms with van der Waals surface area (Å²) in [7, 11) is 0. The number of carbonyl (C=O) groups excluding carboxylic acids is 4. The lowest BCUT2D eigenvalue weighted by molar-refractivity contribution is 0.101. The third-order valence-corrected chi connectivity index (χ3v) is 5.74. The largest absolute Gasteiger partial charge is 0.319 e. The number of aromatic nitrogens is 4. The van der Waals surface area contributed by atoms with Gasteiger partial charge in [-0.2, -0.15) is 0 Å². The fourth-order valence-electron chi connectivity index (χ4n) is 3.75. The normalized spacial score (nSPS) is 10.3. The van der Waals surface area contributed by atoms with Gasteiger partial charge in [0.15, 0.2) is 0 Å². The van der Waals surface area contributed by atoms with Crippen LogP contribution in [0.3, 0.4) is 0 Å². The standard InChI is InChI=1S/C30H22N8O4/c39-27(19-9-1-5-13-31-19)35-23-17-25(37-29(41)21-11-3-7-15-33-21)26(38-30(42)22-12-4-8-16-34-22)18-24(23)36-28(40)20-10-2-6-14-32-20/h1-18H,(H,35,39)(H,36,40)(H,37,41)(H,38,42). The second-order valence-corrected chi connectivity index (χ2v) is 8.62. The molecule has 0 radical (unpaired) electrons. The highest BCUT2D eigenvalue weighted by Crippen LogP contribution is 2.35. The van der Waals surface area contributed by atoms with Gasteiger partial charge in [-0.25, -0.2) is 0 Å². The summed E-state index contributed by atoms with van der Waals surface area (Å²) in [6.45, 7) is 0. The first kappa shape index (κ1) is 27.3. The summed E-state index contributed by atoms with van der Waals surface area (Å²) in [5.41, 5.74) is 0.919. The second-order valence-electron chi connectivity index (χ2n) is 8.62. The van der Waals surface area contributed by atoms with E-state index in [1.165, 1.54) is 61.2 Å². The molecule has 4 N–H and O–H groups in total. The number of hydrogen-bond acceptors (Lipinski definition) is 8. The summed E-state index contributed by atoms with van der Waals surface area (Å²) in [5.74, 6) is -2.29.